The molecule has 0 radical (unpaired) electrons. The molecular formula is C15H24FNO2. The van der Waals surface area contributed by atoms with E-state index in [1.54, 1.807) is 12.1 Å². The smallest absolute Gasteiger partial charge is 0.165 e. The lowest BCUT2D eigenvalue weighted by atomic mass is 10.1. The third-order valence-corrected chi connectivity index (χ3v) is 3.01. The molecule has 1 N–H and O–H groups in total. The van der Waals surface area contributed by atoms with E-state index in [-0.39, 0.29) is 17.6 Å². The molecular weight excluding hydrogens is 245 g/mol. The number of rotatable bonds is 9. The van der Waals surface area contributed by atoms with Crippen LogP contribution in [0.3, 0.4) is 0 Å². The highest BCUT2D eigenvalue weighted by molar-refractivity contribution is 5.31. The SMILES string of the molecule is CCCCOCCNC(C)c1ccc(F)c(OC)c1. The molecule has 4 heteroatoms. The third-order valence-electron chi connectivity index (χ3n) is 3.01. The van der Waals surface area contributed by atoms with Gasteiger partial charge in [-0.15, -0.1) is 0 Å². The van der Waals surface area contributed by atoms with Crippen LogP contribution in [0.5, 0.6) is 5.75 Å². The molecule has 1 aromatic carbocycles. The van der Waals surface area contributed by atoms with Gasteiger partial charge in [0.05, 0.1) is 13.7 Å². The summed E-state index contributed by atoms with van der Waals surface area (Å²) in [5.41, 5.74) is 1.01. The van der Waals surface area contributed by atoms with Gasteiger partial charge in [0.25, 0.3) is 0 Å². The standard InChI is InChI=1S/C15H24FNO2/c1-4-5-9-19-10-8-17-12(2)13-6-7-14(16)15(11-13)18-3/h6-7,11-12,17H,4-5,8-10H2,1-3H3. The Kier molecular flexibility index (Phi) is 7.45. The Balaban J connectivity index is 2.34. The van der Waals surface area contributed by atoms with Crippen molar-refractivity contribution in [2.75, 3.05) is 26.9 Å². The van der Waals surface area contributed by atoms with Crippen LogP contribution < -0.4 is 10.1 Å². The second-order valence-electron chi connectivity index (χ2n) is 4.54. The van der Waals surface area contributed by atoms with E-state index in [1.165, 1.54) is 13.2 Å². The van der Waals surface area contributed by atoms with Gasteiger partial charge in [0.1, 0.15) is 0 Å². The summed E-state index contributed by atoms with van der Waals surface area (Å²) in [5.74, 6) is -0.0494. The molecule has 0 saturated heterocycles. The fraction of sp³-hybridized carbons (Fsp3) is 0.600. The van der Waals surface area contributed by atoms with Gasteiger partial charge in [-0.05, 0) is 31.0 Å². The Morgan fingerprint density at radius 2 is 2.11 bits per heavy atom. The molecule has 0 aromatic heterocycles. The monoisotopic (exact) mass is 269 g/mol. The van der Waals surface area contributed by atoms with Crippen LogP contribution in [0.4, 0.5) is 4.39 Å². The van der Waals surface area contributed by atoms with Gasteiger partial charge < -0.3 is 14.8 Å². The molecule has 0 spiro atoms. The Bertz CT molecular complexity index is 371. The van der Waals surface area contributed by atoms with Crippen molar-refractivity contribution in [2.45, 2.75) is 32.7 Å². The quantitative estimate of drug-likeness (QED) is 0.698. The number of nitrogens with one attached hydrogen (secondary N) is 1. The zero-order valence-corrected chi connectivity index (χ0v) is 12.0. The predicted octanol–water partition coefficient (Wildman–Crippen LogP) is 3.30. The summed E-state index contributed by atoms with van der Waals surface area (Å²) in [6.07, 6.45) is 2.25. The Morgan fingerprint density at radius 1 is 1.32 bits per heavy atom. The number of benzene rings is 1. The van der Waals surface area contributed by atoms with Crippen molar-refractivity contribution < 1.29 is 13.9 Å². The van der Waals surface area contributed by atoms with E-state index in [0.29, 0.717) is 6.61 Å². The van der Waals surface area contributed by atoms with Crippen molar-refractivity contribution in [3.05, 3.63) is 29.6 Å². The fourth-order valence-corrected chi connectivity index (χ4v) is 1.76. The van der Waals surface area contributed by atoms with Gasteiger partial charge in [-0.25, -0.2) is 4.39 Å². The summed E-state index contributed by atoms with van der Waals surface area (Å²) < 4.78 is 23.7. The summed E-state index contributed by atoms with van der Waals surface area (Å²) in [6, 6.07) is 5.08. The zero-order valence-electron chi connectivity index (χ0n) is 12.0. The van der Waals surface area contributed by atoms with Crippen LogP contribution >= 0.6 is 0 Å². The number of hydrogen-bond donors (Lipinski definition) is 1. The summed E-state index contributed by atoms with van der Waals surface area (Å²) in [4.78, 5) is 0. The first-order chi connectivity index (χ1) is 9.19. The van der Waals surface area contributed by atoms with E-state index in [4.69, 9.17) is 9.47 Å². The first-order valence-corrected chi connectivity index (χ1v) is 6.83. The molecule has 0 bridgehead atoms. The molecule has 108 valence electrons. The van der Waals surface area contributed by atoms with Gasteiger partial charge in [0.2, 0.25) is 0 Å². The highest BCUT2D eigenvalue weighted by Gasteiger charge is 2.08. The lowest BCUT2D eigenvalue weighted by Gasteiger charge is -2.15. The summed E-state index contributed by atoms with van der Waals surface area (Å²) in [6.45, 7) is 6.48. The molecule has 0 heterocycles. The van der Waals surface area contributed by atoms with Gasteiger partial charge in [-0.3, -0.25) is 0 Å². The fourth-order valence-electron chi connectivity index (χ4n) is 1.76. The number of hydrogen-bond acceptors (Lipinski definition) is 3. The maximum Gasteiger partial charge on any atom is 0.165 e. The molecule has 1 aromatic rings. The van der Waals surface area contributed by atoms with Gasteiger partial charge in [0, 0.05) is 19.2 Å². The predicted molar refractivity (Wildman–Crippen MR) is 75.1 cm³/mol. The van der Waals surface area contributed by atoms with Crippen LogP contribution in [0, 0.1) is 5.82 Å². The molecule has 0 aliphatic heterocycles. The van der Waals surface area contributed by atoms with E-state index in [0.717, 1.165) is 31.6 Å². The van der Waals surface area contributed by atoms with Crippen LogP contribution in [-0.2, 0) is 4.74 Å². The minimum atomic E-state index is -0.332. The normalized spacial score (nSPS) is 12.4. The molecule has 0 saturated carbocycles. The van der Waals surface area contributed by atoms with Crippen molar-refractivity contribution in [1.29, 1.82) is 0 Å². The summed E-state index contributed by atoms with van der Waals surface area (Å²) >= 11 is 0. The minimum Gasteiger partial charge on any atom is -0.494 e. The third kappa shape index (κ3) is 5.57. The number of halogens is 1. The van der Waals surface area contributed by atoms with E-state index in [1.807, 2.05) is 6.92 Å². The van der Waals surface area contributed by atoms with Crippen LogP contribution in [0.25, 0.3) is 0 Å². The van der Waals surface area contributed by atoms with Crippen molar-refractivity contribution in [3.63, 3.8) is 0 Å². The number of ether oxygens (including phenoxy) is 2. The van der Waals surface area contributed by atoms with Crippen molar-refractivity contribution >= 4 is 0 Å². The number of unbranched alkanes of at least 4 members (excludes halogenated alkanes) is 1. The molecule has 1 unspecified atom stereocenters. The van der Waals surface area contributed by atoms with Crippen molar-refractivity contribution in [2.24, 2.45) is 0 Å². The first-order valence-electron chi connectivity index (χ1n) is 6.83. The highest BCUT2D eigenvalue weighted by atomic mass is 19.1. The largest absolute Gasteiger partial charge is 0.494 e. The molecule has 0 fully saturated rings. The topological polar surface area (TPSA) is 30.5 Å². The maximum atomic E-state index is 13.3. The average Bonchev–Trinajstić information content (AvgIpc) is 2.43. The maximum absolute atomic E-state index is 13.3. The van der Waals surface area contributed by atoms with Crippen molar-refractivity contribution in [1.82, 2.24) is 5.32 Å². The Morgan fingerprint density at radius 3 is 2.79 bits per heavy atom. The lowest BCUT2D eigenvalue weighted by Crippen LogP contribution is -2.23. The van der Waals surface area contributed by atoms with E-state index in [2.05, 4.69) is 12.2 Å². The molecule has 19 heavy (non-hydrogen) atoms. The van der Waals surface area contributed by atoms with Crippen LogP contribution in [0.2, 0.25) is 0 Å². The number of methoxy groups -OCH3 is 1. The van der Waals surface area contributed by atoms with Gasteiger partial charge in [-0.1, -0.05) is 19.4 Å². The molecule has 0 aliphatic carbocycles. The molecule has 1 atom stereocenters. The van der Waals surface area contributed by atoms with Gasteiger partial charge in [-0.2, -0.15) is 0 Å². The second kappa shape index (κ2) is 8.88. The molecule has 0 amide bonds. The average molecular weight is 269 g/mol. The summed E-state index contributed by atoms with van der Waals surface area (Å²) in [5, 5.41) is 3.34. The van der Waals surface area contributed by atoms with Gasteiger partial charge in [0.15, 0.2) is 11.6 Å². The lowest BCUT2D eigenvalue weighted by molar-refractivity contribution is 0.131. The first kappa shape index (κ1) is 15.9. The van der Waals surface area contributed by atoms with E-state index < -0.39 is 0 Å². The van der Waals surface area contributed by atoms with Crippen LogP contribution in [-0.4, -0.2) is 26.9 Å². The van der Waals surface area contributed by atoms with E-state index in [9.17, 15) is 4.39 Å². The van der Waals surface area contributed by atoms with Crippen LogP contribution in [0.15, 0.2) is 18.2 Å². The van der Waals surface area contributed by atoms with Gasteiger partial charge >= 0.3 is 0 Å². The van der Waals surface area contributed by atoms with E-state index >= 15 is 0 Å². The molecule has 0 aliphatic rings. The molecule has 3 nitrogen and oxygen atoms in total. The Hall–Kier alpha value is -1.13. The highest BCUT2D eigenvalue weighted by Crippen LogP contribution is 2.22. The second-order valence-corrected chi connectivity index (χ2v) is 4.54. The minimum absolute atomic E-state index is 0.143. The van der Waals surface area contributed by atoms with Crippen molar-refractivity contribution in [3.8, 4) is 5.75 Å². The Labute approximate surface area is 115 Å². The summed E-state index contributed by atoms with van der Waals surface area (Å²) in [7, 11) is 1.47. The van der Waals surface area contributed by atoms with Crippen LogP contribution in [0.1, 0.15) is 38.3 Å². The molecule has 1 rings (SSSR count). The zero-order chi connectivity index (χ0) is 14.1.